The number of primary sulfonamides is 1. The van der Waals surface area contributed by atoms with E-state index in [1.54, 1.807) is 22.6 Å². The Balaban J connectivity index is 3.62. The molecule has 0 aromatic carbocycles. The highest BCUT2D eigenvalue weighted by molar-refractivity contribution is 14.1. The molecule has 84 valence electrons. The number of aromatic nitrogens is 1. The van der Waals surface area contributed by atoms with Crippen molar-refractivity contribution in [3.8, 4) is 0 Å². The van der Waals surface area contributed by atoms with Gasteiger partial charge in [-0.2, -0.15) is 0 Å². The lowest BCUT2D eigenvalue weighted by molar-refractivity contribution is 0.147. The van der Waals surface area contributed by atoms with Crippen LogP contribution in [-0.4, -0.2) is 13.4 Å². The van der Waals surface area contributed by atoms with E-state index in [1.165, 1.54) is 0 Å². The zero-order chi connectivity index (χ0) is 11.8. The summed E-state index contributed by atoms with van der Waals surface area (Å²) in [4.78, 5) is 2.72. The number of hydrogen-bond donors (Lipinski definition) is 1. The van der Waals surface area contributed by atoms with Crippen LogP contribution in [0.5, 0.6) is 0 Å². The van der Waals surface area contributed by atoms with Crippen molar-refractivity contribution >= 4 is 44.2 Å². The Labute approximate surface area is 103 Å². The van der Waals surface area contributed by atoms with E-state index in [0.717, 1.165) is 6.07 Å². The molecule has 1 heterocycles. The monoisotopic (exact) mass is 368 g/mol. The molecule has 0 aliphatic heterocycles. The quantitative estimate of drug-likeness (QED) is 0.640. The molecule has 0 saturated heterocycles. The molecule has 0 atom stereocenters. The lowest BCUT2D eigenvalue weighted by Gasteiger charge is -2.08. The first-order valence-electron chi connectivity index (χ1n) is 3.40. The lowest BCUT2D eigenvalue weighted by atomic mass is 10.3. The van der Waals surface area contributed by atoms with E-state index in [4.69, 9.17) is 16.7 Å². The van der Waals surface area contributed by atoms with Crippen molar-refractivity contribution in [3.05, 3.63) is 20.5 Å². The molecule has 0 spiro atoms. The molecule has 0 amide bonds. The van der Waals surface area contributed by atoms with Crippen molar-refractivity contribution in [1.82, 2.24) is 4.98 Å². The summed E-state index contributed by atoms with van der Waals surface area (Å²) < 4.78 is 47.2. The minimum Gasteiger partial charge on any atom is -0.229 e. The fraction of sp³-hybridized carbons (Fsp3) is 0.167. The smallest absolute Gasteiger partial charge is 0.229 e. The summed E-state index contributed by atoms with van der Waals surface area (Å²) >= 11 is 7.10. The van der Waals surface area contributed by atoms with Gasteiger partial charge in [-0.05, 0) is 28.7 Å². The van der Waals surface area contributed by atoms with Gasteiger partial charge in [0.25, 0.3) is 6.43 Å². The van der Waals surface area contributed by atoms with Gasteiger partial charge in [-0.1, -0.05) is 11.6 Å². The van der Waals surface area contributed by atoms with E-state index < -0.39 is 32.1 Å². The summed E-state index contributed by atoms with van der Waals surface area (Å²) in [7, 11) is -4.30. The Morgan fingerprint density at radius 2 is 2.07 bits per heavy atom. The molecule has 4 nitrogen and oxygen atoms in total. The van der Waals surface area contributed by atoms with Crippen LogP contribution in [0.1, 0.15) is 12.0 Å². The average molecular weight is 369 g/mol. The predicted octanol–water partition coefficient (Wildman–Crippen LogP) is 1.92. The highest BCUT2D eigenvalue weighted by Crippen LogP contribution is 2.31. The van der Waals surface area contributed by atoms with Crippen LogP contribution < -0.4 is 5.14 Å². The van der Waals surface area contributed by atoms with Crippen LogP contribution in [0.3, 0.4) is 0 Å². The third-order valence-electron chi connectivity index (χ3n) is 1.45. The molecule has 0 saturated carbocycles. The van der Waals surface area contributed by atoms with Crippen LogP contribution in [-0.2, 0) is 10.0 Å². The molecule has 2 N–H and O–H groups in total. The van der Waals surface area contributed by atoms with Gasteiger partial charge >= 0.3 is 0 Å². The number of alkyl halides is 2. The van der Waals surface area contributed by atoms with Crippen LogP contribution in [0.15, 0.2) is 11.0 Å². The number of pyridine rings is 1. The van der Waals surface area contributed by atoms with Crippen LogP contribution in [0.2, 0.25) is 5.15 Å². The van der Waals surface area contributed by atoms with Crippen LogP contribution in [0, 0.1) is 3.70 Å². The zero-order valence-corrected chi connectivity index (χ0v) is 10.6. The highest BCUT2D eigenvalue weighted by Gasteiger charge is 2.25. The normalized spacial score (nSPS) is 12.1. The van der Waals surface area contributed by atoms with Crippen molar-refractivity contribution in [2.45, 2.75) is 11.3 Å². The largest absolute Gasteiger partial charge is 0.265 e. The van der Waals surface area contributed by atoms with Gasteiger partial charge < -0.3 is 0 Å². The van der Waals surface area contributed by atoms with Gasteiger partial charge in [0.1, 0.15) is 8.60 Å². The number of sulfonamides is 1. The maximum absolute atomic E-state index is 12.5. The standard InChI is InChI=1S/C6H4ClF2IN2O2S/c7-5-4(15(11,13)14)2(6(8)9)1-3(10)12-5/h1,6H,(H2,11,13,14). The van der Waals surface area contributed by atoms with E-state index >= 15 is 0 Å². The highest BCUT2D eigenvalue weighted by atomic mass is 127. The summed E-state index contributed by atoms with van der Waals surface area (Å²) in [5.41, 5.74) is -0.734. The van der Waals surface area contributed by atoms with Crippen LogP contribution in [0.25, 0.3) is 0 Å². The molecule has 1 aromatic heterocycles. The maximum Gasteiger partial charge on any atom is 0.265 e. The Kier molecular flexibility index (Phi) is 3.85. The summed E-state index contributed by atoms with van der Waals surface area (Å²) in [6, 6.07) is 0.927. The van der Waals surface area contributed by atoms with Crippen molar-refractivity contribution in [2.75, 3.05) is 0 Å². The molecule has 9 heteroatoms. The van der Waals surface area contributed by atoms with Crippen molar-refractivity contribution < 1.29 is 17.2 Å². The second-order valence-corrected chi connectivity index (χ2v) is 5.46. The second kappa shape index (κ2) is 4.44. The van der Waals surface area contributed by atoms with Crippen LogP contribution in [0.4, 0.5) is 8.78 Å². The Morgan fingerprint density at radius 3 is 2.47 bits per heavy atom. The van der Waals surface area contributed by atoms with E-state index in [1.807, 2.05) is 0 Å². The molecule has 0 aliphatic rings. The molecule has 0 fully saturated rings. The molecular formula is C6H4ClF2IN2O2S. The molecular weight excluding hydrogens is 364 g/mol. The average Bonchev–Trinajstić information content (AvgIpc) is 1.99. The number of nitrogens with two attached hydrogens (primary N) is 1. The van der Waals surface area contributed by atoms with Gasteiger partial charge in [0.05, 0.1) is 0 Å². The molecule has 1 rings (SSSR count). The zero-order valence-electron chi connectivity index (χ0n) is 6.92. The number of hydrogen-bond acceptors (Lipinski definition) is 3. The first-order valence-corrected chi connectivity index (χ1v) is 6.40. The number of rotatable bonds is 2. The van der Waals surface area contributed by atoms with Gasteiger partial charge in [-0.25, -0.2) is 27.3 Å². The van der Waals surface area contributed by atoms with E-state index in [-0.39, 0.29) is 3.70 Å². The number of halogens is 4. The fourth-order valence-electron chi connectivity index (χ4n) is 0.934. The van der Waals surface area contributed by atoms with Crippen molar-refractivity contribution in [3.63, 3.8) is 0 Å². The first kappa shape index (κ1) is 13.0. The minimum atomic E-state index is -4.30. The molecule has 15 heavy (non-hydrogen) atoms. The van der Waals surface area contributed by atoms with Gasteiger partial charge in [0.2, 0.25) is 10.0 Å². The molecule has 0 unspecified atom stereocenters. The Bertz CT molecular complexity index is 494. The second-order valence-electron chi connectivity index (χ2n) is 2.50. The maximum atomic E-state index is 12.5. The summed E-state index contributed by atoms with van der Waals surface area (Å²) in [5, 5.41) is 4.22. The van der Waals surface area contributed by atoms with E-state index in [2.05, 4.69) is 4.98 Å². The van der Waals surface area contributed by atoms with E-state index in [0.29, 0.717) is 0 Å². The summed E-state index contributed by atoms with van der Waals surface area (Å²) in [5.74, 6) is 0. The van der Waals surface area contributed by atoms with Gasteiger partial charge in [-0.3, -0.25) is 0 Å². The van der Waals surface area contributed by atoms with Crippen molar-refractivity contribution in [2.24, 2.45) is 5.14 Å². The molecule has 0 radical (unpaired) electrons. The molecule has 0 aliphatic carbocycles. The van der Waals surface area contributed by atoms with Gasteiger partial charge in [0, 0.05) is 5.56 Å². The first-order chi connectivity index (χ1) is 6.73. The predicted molar refractivity (Wildman–Crippen MR) is 58.3 cm³/mol. The third-order valence-corrected chi connectivity index (χ3v) is 3.39. The SMILES string of the molecule is NS(=O)(=O)c1c(C(F)F)cc(I)nc1Cl. The molecule has 0 bridgehead atoms. The Hall–Kier alpha value is -0.0600. The van der Waals surface area contributed by atoms with E-state index in [9.17, 15) is 17.2 Å². The van der Waals surface area contributed by atoms with Gasteiger partial charge in [0.15, 0.2) is 5.15 Å². The topological polar surface area (TPSA) is 73.1 Å². The fourth-order valence-corrected chi connectivity index (χ4v) is 2.93. The minimum absolute atomic E-state index is 0.167. The number of nitrogens with zero attached hydrogens (tertiary/aromatic N) is 1. The lowest BCUT2D eigenvalue weighted by Crippen LogP contribution is -2.16. The van der Waals surface area contributed by atoms with Crippen LogP contribution >= 0.6 is 34.2 Å². The van der Waals surface area contributed by atoms with Gasteiger partial charge in [-0.15, -0.1) is 0 Å². The molecule has 1 aromatic rings. The Morgan fingerprint density at radius 1 is 1.53 bits per heavy atom. The third kappa shape index (κ3) is 2.95. The summed E-state index contributed by atoms with van der Waals surface area (Å²) in [6.07, 6.45) is -2.98. The summed E-state index contributed by atoms with van der Waals surface area (Å²) in [6.45, 7) is 0. The van der Waals surface area contributed by atoms with Crippen molar-refractivity contribution in [1.29, 1.82) is 0 Å².